The fraction of sp³-hybridized carbons (Fsp3) is 0.417. The Morgan fingerprint density at radius 3 is 2.43 bits per heavy atom. The van der Waals surface area contributed by atoms with Gasteiger partial charge in [-0.1, -0.05) is 32.0 Å². The van der Waals surface area contributed by atoms with E-state index in [1.165, 1.54) is 5.56 Å². The highest BCUT2D eigenvalue weighted by Gasteiger charge is 2.34. The molecule has 6 heteroatoms. The van der Waals surface area contributed by atoms with Crippen molar-refractivity contribution in [2.45, 2.75) is 32.6 Å². The van der Waals surface area contributed by atoms with Crippen LogP contribution in [0.25, 0.3) is 0 Å². The van der Waals surface area contributed by atoms with Gasteiger partial charge < -0.3 is 19.7 Å². The fourth-order valence-electron chi connectivity index (χ4n) is 3.68. The van der Waals surface area contributed by atoms with Gasteiger partial charge in [0.25, 0.3) is 0 Å². The molecule has 30 heavy (non-hydrogen) atoms. The lowest BCUT2D eigenvalue weighted by atomic mass is 10.0. The van der Waals surface area contributed by atoms with Crippen LogP contribution in [0.1, 0.15) is 37.3 Å². The smallest absolute Gasteiger partial charge is 0.227 e. The first-order valence-corrected chi connectivity index (χ1v) is 10.3. The van der Waals surface area contributed by atoms with Crippen molar-refractivity contribution in [3.8, 4) is 11.5 Å². The molecule has 1 aliphatic heterocycles. The minimum Gasteiger partial charge on any atom is -0.493 e. The van der Waals surface area contributed by atoms with Crippen LogP contribution in [0.2, 0.25) is 0 Å². The Hall–Kier alpha value is -3.02. The zero-order valence-electron chi connectivity index (χ0n) is 18.1. The summed E-state index contributed by atoms with van der Waals surface area (Å²) in [5, 5.41) is 2.97. The molecule has 0 aliphatic carbocycles. The molecule has 3 rings (SSSR count). The van der Waals surface area contributed by atoms with E-state index in [-0.39, 0.29) is 24.2 Å². The van der Waals surface area contributed by atoms with E-state index in [1.807, 2.05) is 42.5 Å². The Morgan fingerprint density at radius 2 is 1.80 bits per heavy atom. The van der Waals surface area contributed by atoms with Gasteiger partial charge in [0.05, 0.1) is 20.1 Å². The maximum Gasteiger partial charge on any atom is 0.227 e. The molecule has 2 amide bonds. The summed E-state index contributed by atoms with van der Waals surface area (Å²) < 4.78 is 10.6. The van der Waals surface area contributed by atoms with Crippen LogP contribution in [0.4, 0.5) is 5.69 Å². The van der Waals surface area contributed by atoms with Crippen LogP contribution in [-0.4, -0.2) is 39.1 Å². The molecule has 1 saturated heterocycles. The third kappa shape index (κ3) is 4.93. The Labute approximate surface area is 178 Å². The molecule has 0 saturated carbocycles. The number of hydrogen-bond acceptors (Lipinski definition) is 4. The number of nitrogens with zero attached hydrogens (tertiary/aromatic N) is 1. The molecular formula is C24H30N2O4. The van der Waals surface area contributed by atoms with Crippen molar-refractivity contribution < 1.29 is 19.1 Å². The summed E-state index contributed by atoms with van der Waals surface area (Å²) >= 11 is 0. The largest absolute Gasteiger partial charge is 0.493 e. The van der Waals surface area contributed by atoms with E-state index in [2.05, 4.69) is 19.2 Å². The molecule has 0 spiro atoms. The van der Waals surface area contributed by atoms with Crippen LogP contribution in [0, 0.1) is 5.92 Å². The van der Waals surface area contributed by atoms with E-state index >= 15 is 0 Å². The molecular weight excluding hydrogens is 380 g/mol. The molecule has 0 unspecified atom stereocenters. The lowest BCUT2D eigenvalue weighted by Gasteiger charge is -2.18. The van der Waals surface area contributed by atoms with Gasteiger partial charge in [0.2, 0.25) is 11.8 Å². The predicted octanol–water partition coefficient (Wildman–Crippen LogP) is 3.54. The van der Waals surface area contributed by atoms with Gasteiger partial charge in [0.15, 0.2) is 11.5 Å². The quantitative estimate of drug-likeness (QED) is 0.723. The van der Waals surface area contributed by atoms with Gasteiger partial charge in [-0.25, -0.2) is 0 Å². The van der Waals surface area contributed by atoms with Gasteiger partial charge in [-0.2, -0.15) is 0 Å². The summed E-state index contributed by atoms with van der Waals surface area (Å²) in [6, 6.07) is 13.7. The maximum atomic E-state index is 12.6. The normalized spacial score (nSPS) is 16.1. The zero-order valence-corrected chi connectivity index (χ0v) is 18.1. The SMILES string of the molecule is COc1ccc(CCNC(=O)[C@H]2CC(=O)N(c3ccc(C(C)C)cc3)C2)cc1OC. The molecule has 0 radical (unpaired) electrons. The number of amides is 2. The number of methoxy groups -OCH3 is 2. The molecule has 1 fully saturated rings. The summed E-state index contributed by atoms with van der Waals surface area (Å²) in [6.45, 7) is 5.20. The lowest BCUT2D eigenvalue weighted by Crippen LogP contribution is -2.34. The first kappa shape index (κ1) is 21.7. The third-order valence-electron chi connectivity index (χ3n) is 5.53. The van der Waals surface area contributed by atoms with Crippen LogP contribution in [0.15, 0.2) is 42.5 Å². The molecule has 0 bridgehead atoms. The third-order valence-corrected chi connectivity index (χ3v) is 5.53. The lowest BCUT2D eigenvalue weighted by molar-refractivity contribution is -0.126. The average molecular weight is 411 g/mol. The number of nitrogens with one attached hydrogen (secondary N) is 1. The second-order valence-electron chi connectivity index (χ2n) is 7.88. The number of rotatable bonds is 8. The number of anilines is 1. The Kier molecular flexibility index (Phi) is 6.98. The highest BCUT2D eigenvalue weighted by atomic mass is 16.5. The predicted molar refractivity (Wildman–Crippen MR) is 117 cm³/mol. The minimum atomic E-state index is -0.326. The molecule has 6 nitrogen and oxygen atoms in total. The first-order valence-electron chi connectivity index (χ1n) is 10.3. The number of ether oxygens (including phenoxy) is 2. The van der Waals surface area contributed by atoms with Crippen molar-refractivity contribution in [1.82, 2.24) is 5.32 Å². The number of carbonyl (C=O) groups excluding carboxylic acids is 2. The van der Waals surface area contributed by atoms with Gasteiger partial charge in [0, 0.05) is 25.2 Å². The van der Waals surface area contributed by atoms with Crippen LogP contribution in [-0.2, 0) is 16.0 Å². The minimum absolute atomic E-state index is 0.00709. The average Bonchev–Trinajstić information content (AvgIpc) is 3.15. The standard InChI is InChI=1S/C24H30N2O4/c1-16(2)18-6-8-20(9-7-18)26-15-19(14-23(26)27)24(28)25-12-11-17-5-10-21(29-3)22(13-17)30-4/h5-10,13,16,19H,11-12,14-15H2,1-4H3,(H,25,28)/t19-/m0/s1. The molecule has 2 aromatic carbocycles. The van der Waals surface area contributed by atoms with Crippen LogP contribution in [0.5, 0.6) is 11.5 Å². The summed E-state index contributed by atoms with van der Waals surface area (Å²) in [4.78, 5) is 26.8. The van der Waals surface area contributed by atoms with Crippen molar-refractivity contribution in [1.29, 1.82) is 0 Å². The van der Waals surface area contributed by atoms with Crippen molar-refractivity contribution in [3.63, 3.8) is 0 Å². The molecule has 1 heterocycles. The van der Waals surface area contributed by atoms with Crippen LogP contribution >= 0.6 is 0 Å². The molecule has 1 atom stereocenters. The molecule has 0 aromatic heterocycles. The Bertz CT molecular complexity index is 893. The van der Waals surface area contributed by atoms with E-state index in [0.717, 1.165) is 11.3 Å². The number of carbonyl (C=O) groups is 2. The summed E-state index contributed by atoms with van der Waals surface area (Å²) in [6.07, 6.45) is 0.918. The molecule has 160 valence electrons. The van der Waals surface area contributed by atoms with Crippen molar-refractivity contribution in [2.24, 2.45) is 5.92 Å². The molecule has 1 aliphatic rings. The number of benzene rings is 2. The highest BCUT2D eigenvalue weighted by Crippen LogP contribution is 2.28. The first-order chi connectivity index (χ1) is 14.4. The van der Waals surface area contributed by atoms with Gasteiger partial charge in [-0.15, -0.1) is 0 Å². The Balaban J connectivity index is 1.53. The van der Waals surface area contributed by atoms with Crippen molar-refractivity contribution in [2.75, 3.05) is 32.2 Å². The molecule has 2 aromatic rings. The second kappa shape index (κ2) is 9.65. The fourth-order valence-corrected chi connectivity index (χ4v) is 3.68. The van der Waals surface area contributed by atoms with Gasteiger partial charge in [-0.3, -0.25) is 9.59 Å². The summed E-state index contributed by atoms with van der Waals surface area (Å²) in [5.74, 6) is 1.38. The number of hydrogen-bond donors (Lipinski definition) is 1. The van der Waals surface area contributed by atoms with Gasteiger partial charge >= 0.3 is 0 Å². The van der Waals surface area contributed by atoms with Crippen LogP contribution in [0.3, 0.4) is 0 Å². The van der Waals surface area contributed by atoms with E-state index in [1.54, 1.807) is 19.1 Å². The van der Waals surface area contributed by atoms with E-state index in [0.29, 0.717) is 36.9 Å². The topological polar surface area (TPSA) is 67.9 Å². The zero-order chi connectivity index (χ0) is 21.7. The second-order valence-corrected chi connectivity index (χ2v) is 7.88. The monoisotopic (exact) mass is 410 g/mol. The van der Waals surface area contributed by atoms with Crippen LogP contribution < -0.4 is 19.7 Å². The van der Waals surface area contributed by atoms with E-state index < -0.39 is 0 Å². The maximum absolute atomic E-state index is 12.6. The van der Waals surface area contributed by atoms with Crippen molar-refractivity contribution >= 4 is 17.5 Å². The van der Waals surface area contributed by atoms with E-state index in [4.69, 9.17) is 9.47 Å². The summed E-state index contributed by atoms with van der Waals surface area (Å²) in [5.41, 5.74) is 3.13. The van der Waals surface area contributed by atoms with Crippen molar-refractivity contribution in [3.05, 3.63) is 53.6 Å². The Morgan fingerprint density at radius 1 is 1.10 bits per heavy atom. The van der Waals surface area contributed by atoms with Gasteiger partial charge in [0.1, 0.15) is 0 Å². The summed E-state index contributed by atoms with van der Waals surface area (Å²) in [7, 11) is 3.20. The van der Waals surface area contributed by atoms with Gasteiger partial charge in [-0.05, 0) is 47.7 Å². The van der Waals surface area contributed by atoms with E-state index in [9.17, 15) is 9.59 Å². The molecule has 1 N–H and O–H groups in total. The highest BCUT2D eigenvalue weighted by molar-refractivity contribution is 6.00.